The van der Waals surface area contributed by atoms with Gasteiger partial charge in [0.2, 0.25) is 5.91 Å². The highest BCUT2D eigenvalue weighted by Crippen LogP contribution is 2.38. The first kappa shape index (κ1) is 26.2. The number of anilines is 2. The minimum atomic E-state index is -4.21. The summed E-state index contributed by atoms with van der Waals surface area (Å²) in [6.45, 7) is -0.612. The molecule has 0 spiro atoms. The third kappa shape index (κ3) is 5.42. The Morgan fingerprint density at radius 3 is 2.53 bits per heavy atom. The Morgan fingerprint density at radius 2 is 1.86 bits per heavy atom. The molecule has 1 aliphatic rings. The lowest BCUT2D eigenvalue weighted by molar-refractivity contribution is -0.114. The minimum absolute atomic E-state index is 0.0118. The van der Waals surface area contributed by atoms with Gasteiger partial charge in [0.1, 0.15) is 17.4 Å². The van der Waals surface area contributed by atoms with Crippen molar-refractivity contribution in [1.29, 1.82) is 0 Å². The average molecular weight is 549 g/mol. The molecular weight excluding hydrogens is 523 g/mol. The molecule has 0 saturated carbocycles. The number of amides is 1. The molecule has 3 aromatic rings. The van der Waals surface area contributed by atoms with Crippen LogP contribution in [0.25, 0.3) is 0 Å². The molecule has 0 bridgehead atoms. The summed E-state index contributed by atoms with van der Waals surface area (Å²) in [4.78, 5) is 27.5. The highest BCUT2D eigenvalue weighted by molar-refractivity contribution is 7.98. The normalized spacial score (nSPS) is 13.1. The number of aryl methyl sites for hydroxylation is 1. The van der Waals surface area contributed by atoms with Crippen molar-refractivity contribution in [2.24, 2.45) is 0 Å². The van der Waals surface area contributed by atoms with E-state index in [0.717, 1.165) is 45.0 Å². The number of carbonyl (C=O) groups is 2. The molecule has 36 heavy (non-hydrogen) atoms. The van der Waals surface area contributed by atoms with Crippen LogP contribution < -0.4 is 9.62 Å². The third-order valence-corrected chi connectivity index (χ3v) is 9.58. The van der Waals surface area contributed by atoms with Crippen LogP contribution in [0.15, 0.2) is 58.3 Å². The molecule has 1 aromatic heterocycles. The molecule has 0 radical (unpaired) electrons. The number of halogens is 1. The van der Waals surface area contributed by atoms with Gasteiger partial charge in [0, 0.05) is 9.77 Å². The standard InChI is InChI=1S/C25H25FN2O5S3/c1-33-25(30)23-20-8-3-4-9-21(20)35-24(23)27-22(29)15-28(17-7-5-6-16(26)14-17)36(31,32)19-12-10-18(34-2)11-13-19/h5-7,10-14H,3-4,8-9,15H2,1-2H3,(H,27,29). The molecule has 0 fully saturated rings. The number of methoxy groups -OCH3 is 1. The van der Waals surface area contributed by atoms with Crippen molar-refractivity contribution in [2.75, 3.05) is 29.5 Å². The molecule has 1 N–H and O–H groups in total. The molecule has 11 heteroatoms. The summed E-state index contributed by atoms with van der Waals surface area (Å²) in [5.41, 5.74) is 1.20. The van der Waals surface area contributed by atoms with Crippen LogP contribution in [0, 0.1) is 5.82 Å². The number of sulfonamides is 1. The molecule has 190 valence electrons. The Morgan fingerprint density at radius 1 is 1.14 bits per heavy atom. The molecule has 0 unspecified atom stereocenters. The van der Waals surface area contributed by atoms with Gasteiger partial charge < -0.3 is 10.1 Å². The molecule has 1 aliphatic carbocycles. The fourth-order valence-corrected chi connectivity index (χ4v) is 7.20. The first-order valence-corrected chi connectivity index (χ1v) is 14.7. The van der Waals surface area contributed by atoms with Gasteiger partial charge in [-0.3, -0.25) is 9.10 Å². The fraction of sp³-hybridized carbons (Fsp3) is 0.280. The smallest absolute Gasteiger partial charge is 0.341 e. The lowest BCUT2D eigenvalue weighted by atomic mass is 9.95. The van der Waals surface area contributed by atoms with Gasteiger partial charge in [-0.2, -0.15) is 0 Å². The fourth-order valence-electron chi connectivity index (χ4n) is 4.09. The largest absolute Gasteiger partial charge is 0.465 e. The molecule has 0 aliphatic heterocycles. The van der Waals surface area contributed by atoms with Crippen molar-refractivity contribution >= 4 is 55.7 Å². The van der Waals surface area contributed by atoms with Gasteiger partial charge in [-0.1, -0.05) is 6.07 Å². The molecule has 0 saturated heterocycles. The van der Waals surface area contributed by atoms with Crippen LogP contribution in [0.2, 0.25) is 0 Å². The van der Waals surface area contributed by atoms with Crippen LogP contribution in [0.5, 0.6) is 0 Å². The zero-order chi connectivity index (χ0) is 25.9. The average Bonchev–Trinajstić information content (AvgIpc) is 3.24. The number of benzene rings is 2. The van der Waals surface area contributed by atoms with Crippen molar-refractivity contribution < 1.29 is 27.1 Å². The van der Waals surface area contributed by atoms with Crippen molar-refractivity contribution in [3.8, 4) is 0 Å². The predicted molar refractivity (Wildman–Crippen MR) is 140 cm³/mol. The van der Waals surface area contributed by atoms with E-state index in [0.29, 0.717) is 17.0 Å². The highest BCUT2D eigenvalue weighted by Gasteiger charge is 2.30. The van der Waals surface area contributed by atoms with E-state index in [1.54, 1.807) is 12.1 Å². The zero-order valence-electron chi connectivity index (χ0n) is 19.7. The van der Waals surface area contributed by atoms with E-state index in [2.05, 4.69) is 5.32 Å². The van der Waals surface area contributed by atoms with E-state index in [1.165, 1.54) is 60.5 Å². The number of fused-ring (bicyclic) bond motifs is 1. The summed E-state index contributed by atoms with van der Waals surface area (Å²) in [6, 6.07) is 11.3. The number of nitrogens with one attached hydrogen (secondary N) is 1. The number of esters is 1. The maximum absolute atomic E-state index is 14.0. The topological polar surface area (TPSA) is 92.8 Å². The van der Waals surface area contributed by atoms with Crippen molar-refractivity contribution in [3.05, 3.63) is 70.4 Å². The van der Waals surface area contributed by atoms with Gasteiger partial charge in [-0.05, 0) is 80.0 Å². The first-order valence-electron chi connectivity index (χ1n) is 11.2. The van der Waals surface area contributed by atoms with Crippen LogP contribution in [-0.4, -0.2) is 40.2 Å². The molecule has 4 rings (SSSR count). The van der Waals surface area contributed by atoms with Crippen molar-refractivity contribution in [1.82, 2.24) is 0 Å². The first-order chi connectivity index (χ1) is 17.2. The SMILES string of the molecule is COC(=O)c1c(NC(=O)CN(c2cccc(F)c2)S(=O)(=O)c2ccc(SC)cc2)sc2c1CCCC2. The molecule has 7 nitrogen and oxygen atoms in total. The van der Waals surface area contributed by atoms with Gasteiger partial charge in [0.25, 0.3) is 10.0 Å². The molecule has 1 heterocycles. The lowest BCUT2D eigenvalue weighted by Crippen LogP contribution is -2.38. The van der Waals surface area contributed by atoms with E-state index >= 15 is 0 Å². The molecule has 2 aromatic carbocycles. The summed E-state index contributed by atoms with van der Waals surface area (Å²) < 4.78 is 47.0. The van der Waals surface area contributed by atoms with Crippen molar-refractivity contribution in [3.63, 3.8) is 0 Å². The van der Waals surface area contributed by atoms with Gasteiger partial charge in [0.05, 0.1) is 23.3 Å². The Labute approximate surface area is 217 Å². The van der Waals surface area contributed by atoms with Crippen LogP contribution in [0.4, 0.5) is 15.1 Å². The van der Waals surface area contributed by atoms with Crippen LogP contribution in [-0.2, 0) is 32.4 Å². The molecule has 0 atom stereocenters. The second-order valence-corrected chi connectivity index (χ2v) is 12.0. The lowest BCUT2D eigenvalue weighted by Gasteiger charge is -2.24. The van der Waals surface area contributed by atoms with E-state index in [4.69, 9.17) is 4.74 Å². The van der Waals surface area contributed by atoms with Crippen molar-refractivity contribution in [2.45, 2.75) is 35.5 Å². The van der Waals surface area contributed by atoms with E-state index in [9.17, 15) is 22.4 Å². The number of nitrogens with zero attached hydrogens (tertiary/aromatic N) is 1. The quantitative estimate of drug-likeness (QED) is 0.311. The van der Waals surface area contributed by atoms with Gasteiger partial charge >= 0.3 is 5.97 Å². The second kappa shape index (κ2) is 11.0. The second-order valence-electron chi connectivity index (χ2n) is 8.12. The number of hydrogen-bond donors (Lipinski definition) is 1. The number of thioether (sulfide) groups is 1. The Bertz CT molecular complexity index is 1390. The number of rotatable bonds is 8. The Kier molecular flexibility index (Phi) is 8.01. The number of hydrogen-bond acceptors (Lipinski definition) is 7. The number of ether oxygens (including phenoxy) is 1. The van der Waals surface area contributed by atoms with Crippen LogP contribution in [0.1, 0.15) is 33.6 Å². The maximum atomic E-state index is 14.0. The highest BCUT2D eigenvalue weighted by atomic mass is 32.2. The van der Waals surface area contributed by atoms with Gasteiger partial charge in [0.15, 0.2) is 0 Å². The summed E-state index contributed by atoms with van der Waals surface area (Å²) in [7, 11) is -2.93. The van der Waals surface area contributed by atoms with E-state index < -0.39 is 34.3 Å². The summed E-state index contributed by atoms with van der Waals surface area (Å²) >= 11 is 2.77. The number of carbonyl (C=O) groups excluding carboxylic acids is 2. The van der Waals surface area contributed by atoms with Crippen LogP contribution in [0.3, 0.4) is 0 Å². The third-order valence-electron chi connectivity index (χ3n) is 5.84. The monoisotopic (exact) mass is 548 g/mol. The summed E-state index contributed by atoms with van der Waals surface area (Å²) in [6.07, 6.45) is 5.31. The van der Waals surface area contributed by atoms with Crippen LogP contribution >= 0.6 is 23.1 Å². The predicted octanol–water partition coefficient (Wildman–Crippen LogP) is 5.11. The molecule has 1 amide bonds. The zero-order valence-corrected chi connectivity index (χ0v) is 22.2. The van der Waals surface area contributed by atoms with E-state index in [1.807, 2.05) is 6.26 Å². The Balaban J connectivity index is 1.68. The summed E-state index contributed by atoms with van der Waals surface area (Å²) in [5, 5.41) is 3.05. The van der Waals surface area contributed by atoms with Gasteiger partial charge in [-0.15, -0.1) is 23.1 Å². The number of thiophene rings is 1. The summed E-state index contributed by atoms with van der Waals surface area (Å²) in [5.74, 6) is -1.84. The molecular formula is C25H25FN2O5S3. The minimum Gasteiger partial charge on any atom is -0.465 e. The van der Waals surface area contributed by atoms with E-state index in [-0.39, 0.29) is 10.6 Å². The Hall–Kier alpha value is -2.89. The maximum Gasteiger partial charge on any atom is 0.341 e. The van der Waals surface area contributed by atoms with Gasteiger partial charge in [-0.25, -0.2) is 17.6 Å².